The van der Waals surface area contributed by atoms with E-state index in [0.717, 1.165) is 18.8 Å². The SMILES string of the molecule is CCN(CC)c1ccc(Nc2ccnc(Cl)n2)c(C)c1. The van der Waals surface area contributed by atoms with Crippen LogP contribution in [-0.4, -0.2) is 23.1 Å². The van der Waals surface area contributed by atoms with Crippen molar-refractivity contribution in [2.45, 2.75) is 20.8 Å². The third kappa shape index (κ3) is 3.39. The van der Waals surface area contributed by atoms with Gasteiger partial charge in [0.25, 0.3) is 0 Å². The van der Waals surface area contributed by atoms with Gasteiger partial charge in [-0.15, -0.1) is 0 Å². The first-order chi connectivity index (χ1) is 9.63. The zero-order valence-corrected chi connectivity index (χ0v) is 12.8. The fraction of sp³-hybridized carbons (Fsp3) is 0.333. The average Bonchev–Trinajstić information content (AvgIpc) is 2.43. The van der Waals surface area contributed by atoms with Crippen molar-refractivity contribution in [1.29, 1.82) is 0 Å². The molecule has 5 heteroatoms. The summed E-state index contributed by atoms with van der Waals surface area (Å²) < 4.78 is 0. The average molecular weight is 291 g/mol. The molecule has 2 rings (SSSR count). The lowest BCUT2D eigenvalue weighted by molar-refractivity contribution is 0.866. The first-order valence-electron chi connectivity index (χ1n) is 6.75. The smallest absolute Gasteiger partial charge is 0.224 e. The topological polar surface area (TPSA) is 41.0 Å². The molecule has 1 N–H and O–H groups in total. The summed E-state index contributed by atoms with van der Waals surface area (Å²) in [6, 6.07) is 8.16. The van der Waals surface area contributed by atoms with Gasteiger partial charge in [0.05, 0.1) is 0 Å². The normalized spacial score (nSPS) is 10.4. The fourth-order valence-corrected chi connectivity index (χ4v) is 2.26. The minimum atomic E-state index is 0.243. The Morgan fingerprint density at radius 1 is 1.20 bits per heavy atom. The lowest BCUT2D eigenvalue weighted by atomic mass is 10.1. The van der Waals surface area contributed by atoms with E-state index in [4.69, 9.17) is 11.6 Å². The molecule has 1 aromatic carbocycles. The number of hydrogen-bond acceptors (Lipinski definition) is 4. The first-order valence-corrected chi connectivity index (χ1v) is 7.13. The van der Waals surface area contributed by atoms with Gasteiger partial charge in [0.15, 0.2) is 0 Å². The van der Waals surface area contributed by atoms with Gasteiger partial charge >= 0.3 is 0 Å². The summed E-state index contributed by atoms with van der Waals surface area (Å²) in [6.45, 7) is 8.41. The Bertz CT molecular complexity index is 582. The highest BCUT2D eigenvalue weighted by molar-refractivity contribution is 6.28. The maximum Gasteiger partial charge on any atom is 0.224 e. The zero-order chi connectivity index (χ0) is 14.5. The Morgan fingerprint density at radius 2 is 1.95 bits per heavy atom. The van der Waals surface area contributed by atoms with Gasteiger partial charge < -0.3 is 10.2 Å². The van der Waals surface area contributed by atoms with Crippen LogP contribution >= 0.6 is 11.6 Å². The number of anilines is 3. The van der Waals surface area contributed by atoms with Gasteiger partial charge in [0.2, 0.25) is 5.28 Å². The van der Waals surface area contributed by atoms with Crippen LogP contribution in [0, 0.1) is 6.92 Å². The van der Waals surface area contributed by atoms with Crippen molar-refractivity contribution in [2.75, 3.05) is 23.3 Å². The Kier molecular flexibility index (Phi) is 4.79. The second-order valence-electron chi connectivity index (χ2n) is 4.51. The number of aryl methyl sites for hydroxylation is 1. The Morgan fingerprint density at radius 3 is 2.55 bits per heavy atom. The number of halogens is 1. The maximum atomic E-state index is 5.79. The van der Waals surface area contributed by atoms with Crippen molar-refractivity contribution in [2.24, 2.45) is 0 Å². The van der Waals surface area contributed by atoms with Gasteiger partial charge in [-0.1, -0.05) is 0 Å². The van der Waals surface area contributed by atoms with Crippen molar-refractivity contribution >= 4 is 28.8 Å². The molecule has 0 bridgehead atoms. The van der Waals surface area contributed by atoms with E-state index in [1.807, 2.05) is 0 Å². The summed E-state index contributed by atoms with van der Waals surface area (Å²) in [6.07, 6.45) is 1.64. The quantitative estimate of drug-likeness (QED) is 0.844. The van der Waals surface area contributed by atoms with Crippen molar-refractivity contribution < 1.29 is 0 Å². The molecule has 0 amide bonds. The number of nitrogens with zero attached hydrogens (tertiary/aromatic N) is 3. The van der Waals surface area contributed by atoms with Crippen LogP contribution in [0.2, 0.25) is 5.28 Å². The van der Waals surface area contributed by atoms with Gasteiger partial charge in [-0.05, 0) is 62.2 Å². The summed E-state index contributed by atoms with van der Waals surface area (Å²) in [7, 11) is 0. The van der Waals surface area contributed by atoms with Gasteiger partial charge in [-0.25, -0.2) is 9.97 Å². The largest absolute Gasteiger partial charge is 0.372 e. The Labute approximate surface area is 124 Å². The summed E-state index contributed by atoms with van der Waals surface area (Å²) in [5.74, 6) is 0.698. The van der Waals surface area contributed by atoms with Gasteiger partial charge in [0, 0.05) is 30.7 Å². The highest BCUT2D eigenvalue weighted by atomic mass is 35.5. The molecule has 0 atom stereocenters. The van der Waals surface area contributed by atoms with Gasteiger partial charge in [0.1, 0.15) is 5.82 Å². The zero-order valence-electron chi connectivity index (χ0n) is 12.0. The number of rotatable bonds is 5. The molecular weight excluding hydrogens is 272 g/mol. The van der Waals surface area contributed by atoms with Crippen LogP contribution in [0.15, 0.2) is 30.5 Å². The monoisotopic (exact) mass is 290 g/mol. The van der Waals surface area contributed by atoms with E-state index < -0.39 is 0 Å². The second kappa shape index (κ2) is 6.57. The van der Waals surface area contributed by atoms with Gasteiger partial charge in [-0.2, -0.15) is 0 Å². The van der Waals surface area contributed by atoms with E-state index in [9.17, 15) is 0 Å². The molecule has 4 nitrogen and oxygen atoms in total. The highest BCUT2D eigenvalue weighted by Crippen LogP contribution is 2.25. The number of benzene rings is 1. The lowest BCUT2D eigenvalue weighted by Gasteiger charge is -2.22. The fourth-order valence-electron chi connectivity index (χ4n) is 2.12. The molecule has 2 aromatic rings. The summed E-state index contributed by atoms with van der Waals surface area (Å²) >= 11 is 5.79. The number of hydrogen-bond donors (Lipinski definition) is 1. The predicted octanol–water partition coefficient (Wildman–Crippen LogP) is 4.03. The molecule has 0 aliphatic heterocycles. The van der Waals surface area contributed by atoms with E-state index in [-0.39, 0.29) is 5.28 Å². The van der Waals surface area contributed by atoms with Crippen molar-refractivity contribution in [3.8, 4) is 0 Å². The van der Waals surface area contributed by atoms with Crippen LogP contribution in [0.25, 0.3) is 0 Å². The van der Waals surface area contributed by atoms with Crippen LogP contribution in [0.1, 0.15) is 19.4 Å². The molecule has 20 heavy (non-hydrogen) atoms. The van der Waals surface area contributed by atoms with Crippen LogP contribution in [-0.2, 0) is 0 Å². The maximum absolute atomic E-state index is 5.79. The second-order valence-corrected chi connectivity index (χ2v) is 4.85. The lowest BCUT2D eigenvalue weighted by Crippen LogP contribution is -2.21. The highest BCUT2D eigenvalue weighted by Gasteiger charge is 2.06. The molecule has 0 fully saturated rings. The first kappa shape index (κ1) is 14.6. The molecule has 106 valence electrons. The third-order valence-corrected chi connectivity index (χ3v) is 3.41. The third-order valence-electron chi connectivity index (χ3n) is 3.23. The molecule has 0 saturated carbocycles. The van der Waals surface area contributed by atoms with E-state index in [2.05, 4.69) is 59.2 Å². The minimum Gasteiger partial charge on any atom is -0.372 e. The van der Waals surface area contributed by atoms with Crippen molar-refractivity contribution in [3.05, 3.63) is 41.3 Å². The number of aromatic nitrogens is 2. The van der Waals surface area contributed by atoms with Crippen molar-refractivity contribution in [1.82, 2.24) is 9.97 Å². The van der Waals surface area contributed by atoms with Crippen LogP contribution in [0.3, 0.4) is 0 Å². The molecule has 0 aliphatic rings. The number of nitrogens with one attached hydrogen (secondary N) is 1. The van der Waals surface area contributed by atoms with Crippen LogP contribution in [0.4, 0.5) is 17.2 Å². The van der Waals surface area contributed by atoms with Crippen LogP contribution in [0.5, 0.6) is 0 Å². The van der Waals surface area contributed by atoms with E-state index in [1.165, 1.54) is 11.3 Å². The van der Waals surface area contributed by atoms with Gasteiger partial charge in [-0.3, -0.25) is 0 Å². The van der Waals surface area contributed by atoms with Crippen LogP contribution < -0.4 is 10.2 Å². The summed E-state index contributed by atoms with van der Waals surface area (Å²) in [5, 5.41) is 3.50. The van der Waals surface area contributed by atoms with E-state index in [0.29, 0.717) is 5.82 Å². The molecule has 0 spiro atoms. The minimum absolute atomic E-state index is 0.243. The molecule has 1 heterocycles. The standard InChI is InChI=1S/C15H19ClN4/c1-4-20(5-2)12-6-7-13(11(3)10-12)18-14-8-9-17-15(16)19-14/h6-10H,4-5H2,1-3H3,(H,17,18,19). The summed E-state index contributed by atoms with van der Waals surface area (Å²) in [4.78, 5) is 10.3. The predicted molar refractivity (Wildman–Crippen MR) is 85.1 cm³/mol. The molecular formula is C15H19ClN4. The van der Waals surface area contributed by atoms with Crippen molar-refractivity contribution in [3.63, 3.8) is 0 Å². The Hall–Kier alpha value is -1.81. The van der Waals surface area contributed by atoms with E-state index in [1.54, 1.807) is 12.3 Å². The molecule has 0 aliphatic carbocycles. The Balaban J connectivity index is 2.22. The van der Waals surface area contributed by atoms with E-state index >= 15 is 0 Å². The summed E-state index contributed by atoms with van der Waals surface area (Å²) in [5.41, 5.74) is 3.43. The molecule has 0 unspecified atom stereocenters. The molecule has 1 aromatic heterocycles. The molecule has 0 radical (unpaired) electrons. The molecule has 0 saturated heterocycles.